The van der Waals surface area contributed by atoms with E-state index < -0.39 is 0 Å². The summed E-state index contributed by atoms with van der Waals surface area (Å²) in [6.07, 6.45) is 3.68. The molecule has 0 aliphatic heterocycles. The predicted octanol–water partition coefficient (Wildman–Crippen LogP) is 3.98. The fourth-order valence-electron chi connectivity index (χ4n) is 3.01. The third-order valence-electron chi connectivity index (χ3n) is 4.09. The van der Waals surface area contributed by atoms with Crippen LogP contribution in [0.2, 0.25) is 0 Å². The zero-order valence-electron chi connectivity index (χ0n) is 14.5. The maximum absolute atomic E-state index is 12.5. The monoisotopic (exact) mass is 352 g/mol. The lowest BCUT2D eigenvalue weighted by Crippen LogP contribution is -2.20. The molecule has 0 atom stereocenters. The molecule has 25 heavy (non-hydrogen) atoms. The summed E-state index contributed by atoms with van der Waals surface area (Å²) in [6, 6.07) is 13.2. The summed E-state index contributed by atoms with van der Waals surface area (Å²) in [4.78, 5) is 25.8. The molecule has 0 bridgehead atoms. The average Bonchev–Trinajstić information content (AvgIpc) is 2.57. The molecule has 4 nitrogen and oxygen atoms in total. The van der Waals surface area contributed by atoms with Gasteiger partial charge >= 0.3 is 0 Å². The van der Waals surface area contributed by atoms with E-state index in [-0.39, 0.29) is 17.9 Å². The molecule has 0 aliphatic rings. The van der Waals surface area contributed by atoms with Gasteiger partial charge in [0.25, 0.3) is 0 Å². The molecule has 1 N–H and O–H groups in total. The zero-order chi connectivity index (χ0) is 18.0. The minimum atomic E-state index is -0.123. The Hall–Kier alpha value is -2.53. The highest BCUT2D eigenvalue weighted by Crippen LogP contribution is 2.20. The van der Waals surface area contributed by atoms with Gasteiger partial charge in [0.1, 0.15) is 6.54 Å². The highest BCUT2D eigenvalue weighted by Gasteiger charge is 2.10. The van der Waals surface area contributed by atoms with Gasteiger partial charge in [-0.15, -0.1) is 11.8 Å². The number of aromatic nitrogens is 1. The molecular formula is C20H20N2O2S. The number of fused-ring (bicyclic) bond motifs is 1. The Labute approximate surface area is 150 Å². The van der Waals surface area contributed by atoms with Crippen molar-refractivity contribution in [3.63, 3.8) is 0 Å². The number of anilines is 1. The van der Waals surface area contributed by atoms with E-state index in [1.807, 2.05) is 61.1 Å². The van der Waals surface area contributed by atoms with Crippen molar-refractivity contribution < 1.29 is 4.79 Å². The zero-order valence-corrected chi connectivity index (χ0v) is 15.3. The van der Waals surface area contributed by atoms with E-state index in [1.54, 1.807) is 18.0 Å². The SMILES string of the molecule is CSc1cccc(NC(=O)Cn2ccc(=O)c3c(C)cc(C)cc32)c1. The summed E-state index contributed by atoms with van der Waals surface area (Å²) >= 11 is 1.63. The first kappa shape index (κ1) is 17.3. The van der Waals surface area contributed by atoms with Crippen LogP contribution in [0.1, 0.15) is 11.1 Å². The Morgan fingerprint density at radius 2 is 1.96 bits per heavy atom. The first-order chi connectivity index (χ1) is 12.0. The maximum atomic E-state index is 12.5. The fourth-order valence-corrected chi connectivity index (χ4v) is 3.47. The highest BCUT2D eigenvalue weighted by molar-refractivity contribution is 7.98. The van der Waals surface area contributed by atoms with Crippen LogP contribution in [0.3, 0.4) is 0 Å². The highest BCUT2D eigenvalue weighted by atomic mass is 32.2. The van der Waals surface area contributed by atoms with Crippen molar-refractivity contribution in [3.05, 3.63) is 70.0 Å². The molecule has 3 rings (SSSR count). The number of hydrogen-bond acceptors (Lipinski definition) is 3. The van der Waals surface area contributed by atoms with Crippen molar-refractivity contribution in [1.82, 2.24) is 4.57 Å². The molecular weight excluding hydrogens is 332 g/mol. The number of pyridine rings is 1. The van der Waals surface area contributed by atoms with Gasteiger partial charge in [0, 0.05) is 28.2 Å². The lowest BCUT2D eigenvalue weighted by Gasteiger charge is -2.13. The molecule has 3 aromatic rings. The number of nitrogens with zero attached hydrogens (tertiary/aromatic N) is 1. The number of rotatable bonds is 4. The van der Waals surface area contributed by atoms with Crippen LogP contribution in [-0.2, 0) is 11.3 Å². The van der Waals surface area contributed by atoms with Crippen LogP contribution < -0.4 is 10.7 Å². The van der Waals surface area contributed by atoms with E-state index in [0.717, 1.165) is 27.2 Å². The van der Waals surface area contributed by atoms with Crippen molar-refractivity contribution in [1.29, 1.82) is 0 Å². The third kappa shape index (κ3) is 3.77. The van der Waals surface area contributed by atoms with Gasteiger partial charge in [0.2, 0.25) is 5.91 Å². The Bertz CT molecular complexity index is 1010. The Morgan fingerprint density at radius 3 is 2.72 bits per heavy atom. The first-order valence-corrected chi connectivity index (χ1v) is 9.25. The molecule has 0 saturated carbocycles. The van der Waals surface area contributed by atoms with Gasteiger partial charge in [0.05, 0.1) is 5.52 Å². The van der Waals surface area contributed by atoms with Gasteiger partial charge in [-0.05, 0) is 55.5 Å². The number of carbonyl (C=O) groups excluding carboxylic acids is 1. The molecule has 0 spiro atoms. The number of amides is 1. The van der Waals surface area contributed by atoms with Crippen LogP contribution in [-0.4, -0.2) is 16.7 Å². The molecule has 0 radical (unpaired) electrons. The fraction of sp³-hybridized carbons (Fsp3) is 0.200. The van der Waals surface area contributed by atoms with Crippen LogP contribution in [0, 0.1) is 13.8 Å². The largest absolute Gasteiger partial charge is 0.338 e. The molecule has 0 saturated heterocycles. The van der Waals surface area contributed by atoms with Crippen molar-refractivity contribution in [2.75, 3.05) is 11.6 Å². The van der Waals surface area contributed by atoms with Crippen LogP contribution in [0.15, 0.2) is 58.4 Å². The van der Waals surface area contributed by atoms with Gasteiger partial charge in [-0.2, -0.15) is 0 Å². The van der Waals surface area contributed by atoms with Crippen molar-refractivity contribution >= 4 is 34.3 Å². The van der Waals surface area contributed by atoms with Gasteiger partial charge in [-0.3, -0.25) is 9.59 Å². The van der Waals surface area contributed by atoms with E-state index in [2.05, 4.69) is 5.32 Å². The average molecular weight is 352 g/mol. The topological polar surface area (TPSA) is 51.1 Å². The Balaban J connectivity index is 1.91. The van der Waals surface area contributed by atoms with E-state index in [1.165, 1.54) is 6.07 Å². The number of nitrogens with one attached hydrogen (secondary N) is 1. The summed E-state index contributed by atoms with van der Waals surface area (Å²) in [5, 5.41) is 3.59. The van der Waals surface area contributed by atoms with Crippen LogP contribution in [0.4, 0.5) is 5.69 Å². The van der Waals surface area contributed by atoms with Crippen molar-refractivity contribution in [2.45, 2.75) is 25.3 Å². The maximum Gasteiger partial charge on any atom is 0.244 e. The number of hydrogen-bond donors (Lipinski definition) is 1. The second-order valence-electron chi connectivity index (χ2n) is 6.06. The molecule has 1 heterocycles. The second-order valence-corrected chi connectivity index (χ2v) is 6.94. The molecule has 5 heteroatoms. The smallest absolute Gasteiger partial charge is 0.244 e. The molecule has 0 fully saturated rings. The molecule has 1 aromatic heterocycles. The summed E-state index contributed by atoms with van der Waals surface area (Å²) in [7, 11) is 0. The van der Waals surface area contributed by atoms with Crippen LogP contribution >= 0.6 is 11.8 Å². The molecule has 128 valence electrons. The number of benzene rings is 2. The summed E-state index contributed by atoms with van der Waals surface area (Å²) in [5.41, 5.74) is 3.55. The van der Waals surface area contributed by atoms with E-state index in [0.29, 0.717) is 5.39 Å². The van der Waals surface area contributed by atoms with Gasteiger partial charge in [-0.1, -0.05) is 12.1 Å². The molecule has 1 amide bonds. The Morgan fingerprint density at radius 1 is 1.16 bits per heavy atom. The van der Waals surface area contributed by atoms with Crippen molar-refractivity contribution in [3.8, 4) is 0 Å². The number of thioether (sulfide) groups is 1. The summed E-state index contributed by atoms with van der Waals surface area (Å²) in [6.45, 7) is 4.07. The predicted molar refractivity (Wildman–Crippen MR) is 105 cm³/mol. The Kier molecular flexibility index (Phi) is 4.95. The van der Waals surface area contributed by atoms with Crippen molar-refractivity contribution in [2.24, 2.45) is 0 Å². The molecule has 2 aromatic carbocycles. The van der Waals surface area contributed by atoms with Crippen LogP contribution in [0.5, 0.6) is 0 Å². The molecule has 0 aliphatic carbocycles. The van der Waals surface area contributed by atoms with Gasteiger partial charge in [0.15, 0.2) is 5.43 Å². The third-order valence-corrected chi connectivity index (χ3v) is 4.81. The van der Waals surface area contributed by atoms with E-state index >= 15 is 0 Å². The van der Waals surface area contributed by atoms with Gasteiger partial charge < -0.3 is 9.88 Å². The normalized spacial score (nSPS) is 10.8. The summed E-state index contributed by atoms with van der Waals surface area (Å²) < 4.78 is 1.82. The van der Waals surface area contributed by atoms with E-state index in [9.17, 15) is 9.59 Å². The first-order valence-electron chi connectivity index (χ1n) is 8.02. The summed E-state index contributed by atoms with van der Waals surface area (Å²) in [5.74, 6) is -0.123. The molecule has 0 unspecified atom stereocenters. The minimum absolute atomic E-state index is 0.0168. The minimum Gasteiger partial charge on any atom is -0.338 e. The van der Waals surface area contributed by atoms with Crippen LogP contribution in [0.25, 0.3) is 10.9 Å². The standard InChI is InChI=1S/C20H20N2O2S/c1-13-9-14(2)20-17(10-13)22(8-7-18(20)23)12-19(24)21-15-5-4-6-16(11-15)25-3/h4-11H,12H2,1-3H3,(H,21,24). The lowest BCUT2D eigenvalue weighted by atomic mass is 10.1. The van der Waals surface area contributed by atoms with E-state index in [4.69, 9.17) is 0 Å². The quantitative estimate of drug-likeness (QED) is 0.723. The number of aryl methyl sites for hydroxylation is 2. The second kappa shape index (κ2) is 7.15. The lowest BCUT2D eigenvalue weighted by molar-refractivity contribution is -0.116. The number of carbonyl (C=O) groups is 1. The van der Waals surface area contributed by atoms with Gasteiger partial charge in [-0.25, -0.2) is 0 Å².